The fraction of sp³-hybridized carbons (Fsp3) is 0.417. The van der Waals surface area contributed by atoms with Gasteiger partial charge in [0.1, 0.15) is 0 Å². The average Bonchev–Trinajstić information content (AvgIpc) is 2.68. The molecule has 0 bridgehead atoms. The molecule has 3 N–H and O–H groups in total. The number of amides is 1. The third kappa shape index (κ3) is 2.68. The number of nitrogens with one attached hydrogen (secondary N) is 1. The van der Waals surface area contributed by atoms with Crippen LogP contribution < -0.4 is 5.32 Å². The molecule has 1 atom stereocenters. The van der Waals surface area contributed by atoms with Crippen molar-refractivity contribution >= 4 is 5.91 Å². The summed E-state index contributed by atoms with van der Waals surface area (Å²) in [7, 11) is 2.01. The number of benzene rings is 1. The van der Waals surface area contributed by atoms with Crippen molar-refractivity contribution in [3.8, 4) is 11.5 Å². The molecule has 0 aromatic heterocycles. The number of carbonyl (C=O) groups excluding carboxylic acids is 1. The van der Waals surface area contributed by atoms with Gasteiger partial charge in [-0.1, -0.05) is 0 Å². The zero-order chi connectivity index (χ0) is 12.4. The summed E-state index contributed by atoms with van der Waals surface area (Å²) in [6.45, 7) is 1.82. The Morgan fingerprint density at radius 1 is 1.41 bits per heavy atom. The smallest absolute Gasteiger partial charge is 0.251 e. The van der Waals surface area contributed by atoms with Gasteiger partial charge >= 0.3 is 0 Å². The van der Waals surface area contributed by atoms with Crippen LogP contribution in [0.25, 0.3) is 0 Å². The van der Waals surface area contributed by atoms with Crippen LogP contribution in [-0.2, 0) is 0 Å². The Hall–Kier alpha value is -1.75. The van der Waals surface area contributed by atoms with Crippen LogP contribution in [0.3, 0.4) is 0 Å². The molecule has 0 radical (unpaired) electrons. The lowest BCUT2D eigenvalue weighted by molar-refractivity contribution is 0.0938. The third-order valence-electron chi connectivity index (χ3n) is 2.96. The van der Waals surface area contributed by atoms with Gasteiger partial charge < -0.3 is 20.4 Å². The van der Waals surface area contributed by atoms with Crippen LogP contribution in [0.1, 0.15) is 16.8 Å². The van der Waals surface area contributed by atoms with Crippen LogP contribution in [0.5, 0.6) is 11.5 Å². The molecule has 0 saturated carbocycles. The molecule has 1 fully saturated rings. The summed E-state index contributed by atoms with van der Waals surface area (Å²) in [6, 6.07) is 4.22. The molecule has 1 heterocycles. The first-order chi connectivity index (χ1) is 8.06. The van der Waals surface area contributed by atoms with Gasteiger partial charge in [0, 0.05) is 18.2 Å². The highest BCUT2D eigenvalue weighted by atomic mass is 16.3. The van der Waals surface area contributed by atoms with Crippen molar-refractivity contribution in [2.45, 2.75) is 12.5 Å². The first-order valence-electron chi connectivity index (χ1n) is 5.57. The molecule has 92 valence electrons. The number of nitrogens with zero attached hydrogens (tertiary/aromatic N) is 1. The molecule has 1 aliphatic rings. The van der Waals surface area contributed by atoms with Crippen molar-refractivity contribution in [3.63, 3.8) is 0 Å². The van der Waals surface area contributed by atoms with Gasteiger partial charge in [0.15, 0.2) is 11.5 Å². The summed E-state index contributed by atoms with van der Waals surface area (Å²) in [6.07, 6.45) is 0.937. The number of hydrogen-bond donors (Lipinski definition) is 3. The molecule has 5 nitrogen and oxygen atoms in total. The van der Waals surface area contributed by atoms with Crippen molar-refractivity contribution in [1.29, 1.82) is 0 Å². The fourth-order valence-corrected chi connectivity index (χ4v) is 1.99. The number of hydrogen-bond acceptors (Lipinski definition) is 4. The third-order valence-corrected chi connectivity index (χ3v) is 2.96. The number of phenols is 2. The van der Waals surface area contributed by atoms with E-state index in [4.69, 9.17) is 5.11 Å². The number of phenolic OH excluding ortho intramolecular Hbond substituents is 2. The molecule has 1 aromatic rings. The molecule has 0 spiro atoms. The van der Waals surface area contributed by atoms with Crippen LogP contribution in [-0.4, -0.2) is 47.2 Å². The van der Waals surface area contributed by atoms with Gasteiger partial charge in [0.25, 0.3) is 5.91 Å². The van der Waals surface area contributed by atoms with Gasteiger partial charge in [-0.15, -0.1) is 0 Å². The number of carbonyl (C=O) groups is 1. The van der Waals surface area contributed by atoms with E-state index >= 15 is 0 Å². The molecule has 1 saturated heterocycles. The molecule has 17 heavy (non-hydrogen) atoms. The Morgan fingerprint density at radius 2 is 2.18 bits per heavy atom. The van der Waals surface area contributed by atoms with Crippen molar-refractivity contribution in [2.24, 2.45) is 0 Å². The van der Waals surface area contributed by atoms with E-state index in [1.807, 2.05) is 7.05 Å². The topological polar surface area (TPSA) is 72.8 Å². The van der Waals surface area contributed by atoms with Crippen LogP contribution in [0.2, 0.25) is 0 Å². The quantitative estimate of drug-likeness (QED) is 0.655. The molecule has 1 amide bonds. The highest BCUT2D eigenvalue weighted by Gasteiger charge is 2.21. The molecular formula is C12H16N2O3. The number of likely N-dealkylation sites (tertiary alicyclic amines) is 1. The van der Waals surface area contributed by atoms with Gasteiger partial charge in [-0.05, 0) is 38.2 Å². The van der Waals surface area contributed by atoms with Crippen LogP contribution in [0.4, 0.5) is 0 Å². The van der Waals surface area contributed by atoms with Gasteiger partial charge in [-0.25, -0.2) is 0 Å². The lowest BCUT2D eigenvalue weighted by Gasteiger charge is -2.13. The highest BCUT2D eigenvalue weighted by Crippen LogP contribution is 2.24. The van der Waals surface area contributed by atoms with Crippen molar-refractivity contribution in [3.05, 3.63) is 23.8 Å². The van der Waals surface area contributed by atoms with Crippen LogP contribution >= 0.6 is 0 Å². The maximum Gasteiger partial charge on any atom is 0.251 e. The Kier molecular flexibility index (Phi) is 3.19. The average molecular weight is 236 g/mol. The first kappa shape index (κ1) is 11.7. The zero-order valence-corrected chi connectivity index (χ0v) is 9.68. The van der Waals surface area contributed by atoms with E-state index < -0.39 is 0 Å². The first-order valence-corrected chi connectivity index (χ1v) is 5.57. The van der Waals surface area contributed by atoms with Crippen LogP contribution in [0.15, 0.2) is 18.2 Å². The van der Waals surface area contributed by atoms with E-state index in [9.17, 15) is 9.90 Å². The van der Waals surface area contributed by atoms with E-state index in [0.29, 0.717) is 5.56 Å². The Labute approximate surface area is 99.7 Å². The molecule has 1 aliphatic heterocycles. The second-order valence-electron chi connectivity index (χ2n) is 4.42. The van der Waals surface area contributed by atoms with Crippen LogP contribution in [0, 0.1) is 0 Å². The molecule has 1 aromatic carbocycles. The maximum atomic E-state index is 11.8. The molecular weight excluding hydrogens is 220 g/mol. The van der Waals surface area contributed by atoms with Gasteiger partial charge in [0.2, 0.25) is 0 Å². The summed E-state index contributed by atoms with van der Waals surface area (Å²) < 4.78 is 0. The maximum absolute atomic E-state index is 11.8. The minimum atomic E-state index is -0.277. The summed E-state index contributed by atoms with van der Waals surface area (Å²) in [5.41, 5.74) is 0.356. The SMILES string of the molecule is CN1CCC(NC(=O)c2ccc(O)c(O)c2)C1. The van der Waals surface area contributed by atoms with Crippen molar-refractivity contribution < 1.29 is 15.0 Å². The second kappa shape index (κ2) is 4.63. The minimum Gasteiger partial charge on any atom is -0.504 e. The fourth-order valence-electron chi connectivity index (χ4n) is 1.99. The molecule has 0 aliphatic carbocycles. The van der Waals surface area contributed by atoms with Crippen molar-refractivity contribution in [1.82, 2.24) is 10.2 Å². The van der Waals surface area contributed by atoms with Gasteiger partial charge in [-0.2, -0.15) is 0 Å². The second-order valence-corrected chi connectivity index (χ2v) is 4.42. The monoisotopic (exact) mass is 236 g/mol. The number of likely N-dealkylation sites (N-methyl/N-ethyl adjacent to an activating group) is 1. The lowest BCUT2D eigenvalue weighted by atomic mass is 10.1. The van der Waals surface area contributed by atoms with Crippen molar-refractivity contribution in [2.75, 3.05) is 20.1 Å². The van der Waals surface area contributed by atoms with Gasteiger partial charge in [0.05, 0.1) is 0 Å². The normalized spacial score (nSPS) is 20.4. The van der Waals surface area contributed by atoms with E-state index in [0.717, 1.165) is 19.5 Å². The Morgan fingerprint density at radius 3 is 2.76 bits per heavy atom. The van der Waals surface area contributed by atoms with E-state index in [1.54, 1.807) is 0 Å². The highest BCUT2D eigenvalue weighted by molar-refractivity contribution is 5.95. The predicted octanol–water partition coefficient (Wildman–Crippen LogP) is 0.532. The predicted molar refractivity (Wildman–Crippen MR) is 63.1 cm³/mol. The Balaban J connectivity index is 2.02. The largest absolute Gasteiger partial charge is 0.504 e. The molecule has 1 unspecified atom stereocenters. The lowest BCUT2D eigenvalue weighted by Crippen LogP contribution is -2.36. The zero-order valence-electron chi connectivity index (χ0n) is 9.68. The molecule has 2 rings (SSSR count). The van der Waals surface area contributed by atoms with E-state index in [2.05, 4.69) is 10.2 Å². The minimum absolute atomic E-state index is 0.156. The Bertz CT molecular complexity index is 434. The molecule has 5 heteroatoms. The van der Waals surface area contributed by atoms with Gasteiger partial charge in [-0.3, -0.25) is 4.79 Å². The van der Waals surface area contributed by atoms with E-state index in [-0.39, 0.29) is 23.4 Å². The summed E-state index contributed by atoms with van der Waals surface area (Å²) >= 11 is 0. The number of rotatable bonds is 2. The number of aromatic hydroxyl groups is 2. The summed E-state index contributed by atoms with van der Waals surface area (Å²) in [4.78, 5) is 14.0. The standard InChI is InChI=1S/C12H16N2O3/c1-14-5-4-9(7-14)13-12(17)8-2-3-10(15)11(16)6-8/h2-3,6,9,15-16H,4-5,7H2,1H3,(H,13,17). The summed E-state index contributed by atoms with van der Waals surface area (Å²) in [5.74, 6) is -0.719. The summed E-state index contributed by atoms with van der Waals surface area (Å²) in [5, 5.41) is 21.4. The van der Waals surface area contributed by atoms with E-state index in [1.165, 1.54) is 18.2 Å².